The molecular weight excluding hydrogens is 276 g/mol. The van der Waals surface area contributed by atoms with Crippen LogP contribution in [0.1, 0.15) is 13.8 Å². The summed E-state index contributed by atoms with van der Waals surface area (Å²) in [4.78, 5) is 3.07. The minimum Gasteiger partial charge on any atom is -1.00 e. The van der Waals surface area contributed by atoms with E-state index in [1.807, 2.05) is 0 Å². The molecule has 0 spiro atoms. The quantitative estimate of drug-likeness (QED) is 0.270. The van der Waals surface area contributed by atoms with Crippen molar-refractivity contribution in [3.63, 3.8) is 0 Å². The number of nitrogens with zero attached hydrogens (tertiary/aromatic N) is 2. The van der Waals surface area contributed by atoms with Crippen molar-refractivity contribution in [3.05, 3.63) is 28.8 Å². The predicted molar refractivity (Wildman–Crippen MR) is 42.1 cm³/mol. The van der Waals surface area contributed by atoms with Crippen LogP contribution in [-0.4, -0.2) is 21.7 Å². The van der Waals surface area contributed by atoms with Gasteiger partial charge in [0.05, 0.1) is 6.10 Å². The molecule has 0 aromatic carbocycles. The maximum Gasteiger partial charge on any atom is 2.00 e. The monoisotopic (exact) mass is 284 g/mol. The van der Waals surface area contributed by atoms with Gasteiger partial charge in [-0.05, 0) is 25.5 Å². The summed E-state index contributed by atoms with van der Waals surface area (Å²) in [5.74, 6) is 0. The van der Waals surface area contributed by atoms with Crippen LogP contribution in [0.5, 0.6) is 0 Å². The Bertz CT molecular complexity index is 296. The van der Waals surface area contributed by atoms with Gasteiger partial charge < -0.3 is 35.5 Å². The van der Waals surface area contributed by atoms with E-state index in [-0.39, 0.29) is 44.3 Å². The number of aliphatic hydroxyl groups is 1. The van der Waals surface area contributed by atoms with Gasteiger partial charge in [-0.15, -0.1) is 0 Å². The van der Waals surface area contributed by atoms with Crippen LogP contribution in [0.3, 0.4) is 0 Å². The van der Waals surface area contributed by atoms with E-state index in [9.17, 15) is 5.11 Å². The van der Waals surface area contributed by atoms with Crippen LogP contribution in [0, 0.1) is 0 Å². The zero-order valence-corrected chi connectivity index (χ0v) is 12.5. The second-order valence-electron chi connectivity index (χ2n) is 2.67. The van der Waals surface area contributed by atoms with E-state index in [2.05, 4.69) is 4.79 Å². The number of rotatable bonds is 0. The fraction of sp³-hybridized carbons (Fsp3) is 0.375. The van der Waals surface area contributed by atoms with Crippen molar-refractivity contribution in [1.82, 2.24) is 0 Å². The van der Waals surface area contributed by atoms with Crippen molar-refractivity contribution in [1.29, 1.82) is 0 Å². The predicted octanol–water partition coefficient (Wildman–Crippen LogP) is -5.07. The van der Waals surface area contributed by atoms with Gasteiger partial charge in [-0.1, -0.05) is 0 Å². The largest absolute Gasteiger partial charge is 2.00 e. The van der Waals surface area contributed by atoms with Gasteiger partial charge in [-0.2, -0.15) is 4.79 Å². The van der Waals surface area contributed by atoms with E-state index in [1.54, 1.807) is 26.0 Å². The average Bonchev–Trinajstić information content (AvgIpc) is 1.97. The van der Waals surface area contributed by atoms with Crippen LogP contribution < -0.4 is 24.8 Å². The molecule has 0 aromatic rings. The Morgan fingerprint density at radius 3 is 2.29 bits per heavy atom. The molecule has 1 unspecified atom stereocenters. The summed E-state index contributed by atoms with van der Waals surface area (Å²) in [5.41, 5.74) is 10.6. The van der Waals surface area contributed by atoms with Crippen molar-refractivity contribution in [2.24, 2.45) is 0 Å². The first kappa shape index (κ1) is 19.6. The topological polar surface area (TPSA) is 56.6 Å². The normalized spacial score (nSPS) is 18.8. The van der Waals surface area contributed by atoms with E-state index in [0.29, 0.717) is 5.71 Å². The van der Waals surface area contributed by atoms with Crippen molar-refractivity contribution in [3.8, 4) is 0 Å². The SMILES string of the molecule is CC1=CC(O)C(C)=CC1=[N+]=[N-].[Cl-].[Cl-].[Zn+2]. The molecule has 0 radical (unpaired) electrons. The molecule has 6 heteroatoms. The molecule has 0 saturated carbocycles. The molecule has 1 N–H and O–H groups in total. The second kappa shape index (κ2) is 8.34. The van der Waals surface area contributed by atoms with Crippen LogP contribution in [0.15, 0.2) is 23.3 Å². The van der Waals surface area contributed by atoms with Crippen molar-refractivity contribution in [2.45, 2.75) is 20.0 Å². The van der Waals surface area contributed by atoms with E-state index < -0.39 is 6.10 Å². The van der Waals surface area contributed by atoms with Crippen LogP contribution in [-0.2, 0) is 19.5 Å². The summed E-state index contributed by atoms with van der Waals surface area (Å²) in [6.07, 6.45) is 2.80. The standard InChI is InChI=1S/C8H10N2O.2ClH.Zn/c1-5-4-8(11)6(2)3-7(5)10-9;;;/h3-4,8,11H,1-2H3;2*1H;/q;;;+2/p-2. The van der Waals surface area contributed by atoms with E-state index >= 15 is 0 Å². The maximum absolute atomic E-state index is 9.28. The summed E-state index contributed by atoms with van der Waals surface area (Å²) >= 11 is 0. The van der Waals surface area contributed by atoms with Crippen molar-refractivity contribution >= 4 is 5.71 Å². The first-order valence-electron chi connectivity index (χ1n) is 3.42. The first-order chi connectivity index (χ1) is 5.15. The number of halogens is 2. The third-order valence-electron chi connectivity index (χ3n) is 1.75. The fourth-order valence-electron chi connectivity index (χ4n) is 0.976. The van der Waals surface area contributed by atoms with Gasteiger partial charge in [0.25, 0.3) is 0 Å². The number of hydrogen-bond donors (Lipinski definition) is 1. The van der Waals surface area contributed by atoms with Crippen LogP contribution in [0.4, 0.5) is 0 Å². The van der Waals surface area contributed by atoms with Crippen LogP contribution >= 0.6 is 0 Å². The van der Waals surface area contributed by atoms with Crippen LogP contribution in [0.2, 0.25) is 0 Å². The number of aliphatic hydroxyl groups excluding tert-OH is 1. The van der Waals surface area contributed by atoms with Gasteiger partial charge in [0, 0.05) is 11.6 Å². The summed E-state index contributed by atoms with van der Waals surface area (Å²) in [6.45, 7) is 3.58. The number of hydrogen-bond acceptors (Lipinski definition) is 1. The molecule has 14 heavy (non-hydrogen) atoms. The maximum atomic E-state index is 9.28. The summed E-state index contributed by atoms with van der Waals surface area (Å²) in [6, 6.07) is 0. The Hall–Kier alpha value is 0.0234. The van der Waals surface area contributed by atoms with E-state index in [4.69, 9.17) is 5.53 Å². The van der Waals surface area contributed by atoms with Crippen molar-refractivity contribution < 1.29 is 54.2 Å². The summed E-state index contributed by atoms with van der Waals surface area (Å²) in [7, 11) is 0. The van der Waals surface area contributed by atoms with Gasteiger partial charge in [0.15, 0.2) is 0 Å². The minimum atomic E-state index is -0.527. The third kappa shape index (κ3) is 4.50. The molecule has 1 aliphatic carbocycles. The molecule has 0 bridgehead atoms. The molecule has 1 atom stereocenters. The Morgan fingerprint density at radius 1 is 1.36 bits per heavy atom. The molecular formula is C8H10Cl2N2OZn. The molecule has 0 saturated heterocycles. The third-order valence-corrected chi connectivity index (χ3v) is 1.75. The minimum absolute atomic E-state index is 0. The molecule has 1 rings (SSSR count). The Kier molecular flexibility index (Phi) is 11.7. The van der Waals surface area contributed by atoms with Gasteiger partial charge in [0.1, 0.15) is 0 Å². The zero-order valence-electron chi connectivity index (χ0n) is 8.04. The van der Waals surface area contributed by atoms with E-state index in [0.717, 1.165) is 11.1 Å². The zero-order chi connectivity index (χ0) is 8.43. The smallest absolute Gasteiger partial charge is 1.00 e. The molecule has 0 heterocycles. The molecule has 0 fully saturated rings. The van der Waals surface area contributed by atoms with Gasteiger partial charge in [-0.3, -0.25) is 0 Å². The molecule has 0 aliphatic heterocycles. The number of allylic oxidation sites excluding steroid dienone is 2. The average molecular weight is 286 g/mol. The second-order valence-corrected chi connectivity index (χ2v) is 2.67. The first-order valence-corrected chi connectivity index (χ1v) is 3.42. The Labute approximate surface area is 108 Å². The molecule has 3 nitrogen and oxygen atoms in total. The van der Waals surface area contributed by atoms with Gasteiger partial charge >= 0.3 is 25.2 Å². The Balaban J connectivity index is -0.000000403. The molecule has 0 amide bonds. The summed E-state index contributed by atoms with van der Waals surface area (Å²) in [5, 5.41) is 9.28. The summed E-state index contributed by atoms with van der Waals surface area (Å²) < 4.78 is 0. The van der Waals surface area contributed by atoms with Crippen LogP contribution in [0.25, 0.3) is 5.53 Å². The van der Waals surface area contributed by atoms with Gasteiger partial charge in [-0.25, -0.2) is 0 Å². The Morgan fingerprint density at radius 2 is 1.86 bits per heavy atom. The molecule has 1 aliphatic rings. The van der Waals surface area contributed by atoms with Gasteiger partial charge in [0.2, 0.25) is 0 Å². The van der Waals surface area contributed by atoms with E-state index in [1.165, 1.54) is 0 Å². The van der Waals surface area contributed by atoms with Crippen molar-refractivity contribution in [2.75, 3.05) is 0 Å². The molecule has 74 valence electrons. The fourth-order valence-corrected chi connectivity index (χ4v) is 0.976. The molecule has 0 aromatic heterocycles.